The number of aliphatic carboxylic acids is 2. The monoisotopic (exact) mass is 413 g/mol. The number of carboxylic acid groups (broad SMARTS) is 2. The molecule has 2 aromatic rings. The Kier molecular flexibility index (Phi) is 13.6. The zero-order valence-corrected chi connectivity index (χ0v) is 18.0. The molecule has 0 radical (unpaired) electrons. The van der Waals surface area contributed by atoms with Gasteiger partial charge in [0, 0.05) is 11.6 Å². The molecule has 30 heavy (non-hydrogen) atoms. The maximum absolute atomic E-state index is 10.8. The molecule has 1 unspecified atom stereocenters. The molecule has 2 rings (SSSR count). The fourth-order valence-electron chi connectivity index (χ4n) is 3.10. The highest BCUT2D eigenvalue weighted by Gasteiger charge is 2.17. The lowest BCUT2D eigenvalue weighted by Gasteiger charge is -2.03. The number of hydrogen-bond donors (Lipinski definition) is 2. The van der Waals surface area contributed by atoms with Crippen molar-refractivity contribution in [1.82, 2.24) is 4.98 Å². The van der Waals surface area contributed by atoms with E-state index in [1.165, 1.54) is 50.0 Å². The van der Waals surface area contributed by atoms with Gasteiger partial charge in [-0.25, -0.2) is 0 Å². The van der Waals surface area contributed by atoms with Crippen LogP contribution in [-0.2, 0) is 9.59 Å². The number of hydrogen-bond acceptors (Lipinski definition) is 3. The Morgan fingerprint density at radius 1 is 0.933 bits per heavy atom. The van der Waals surface area contributed by atoms with Crippen LogP contribution in [0.25, 0.3) is 10.9 Å². The van der Waals surface area contributed by atoms with Crippen molar-refractivity contribution in [3.8, 4) is 0 Å². The first-order chi connectivity index (χ1) is 14.5. The van der Waals surface area contributed by atoms with Gasteiger partial charge in [0.15, 0.2) is 0 Å². The van der Waals surface area contributed by atoms with Crippen LogP contribution in [0.4, 0.5) is 0 Å². The van der Waals surface area contributed by atoms with Crippen molar-refractivity contribution in [3.05, 3.63) is 54.7 Å². The number of carbonyl (C=O) groups is 2. The van der Waals surface area contributed by atoms with Crippen LogP contribution in [0.1, 0.15) is 71.1 Å². The van der Waals surface area contributed by atoms with Crippen molar-refractivity contribution >= 4 is 22.8 Å². The van der Waals surface area contributed by atoms with Crippen molar-refractivity contribution in [2.45, 2.75) is 71.1 Å². The lowest BCUT2D eigenvalue weighted by Crippen LogP contribution is -2.15. The second kappa shape index (κ2) is 16.1. The fraction of sp³-hybridized carbons (Fsp3) is 0.480. The number of benzene rings is 1. The fourth-order valence-corrected chi connectivity index (χ4v) is 3.10. The van der Waals surface area contributed by atoms with Crippen LogP contribution in [0.2, 0.25) is 0 Å². The smallest absolute Gasteiger partial charge is 0.310 e. The molecule has 1 heterocycles. The lowest BCUT2D eigenvalue weighted by molar-refractivity contribution is -0.146. The van der Waals surface area contributed by atoms with Crippen LogP contribution in [0.5, 0.6) is 0 Å². The van der Waals surface area contributed by atoms with Gasteiger partial charge in [0.25, 0.3) is 0 Å². The van der Waals surface area contributed by atoms with Crippen LogP contribution in [0.15, 0.2) is 54.7 Å². The number of allylic oxidation sites excluding steroid dienone is 1. The molecule has 0 bridgehead atoms. The lowest BCUT2D eigenvalue weighted by atomic mass is 10.0. The highest BCUT2D eigenvalue weighted by atomic mass is 16.4. The molecule has 0 aliphatic rings. The van der Waals surface area contributed by atoms with Gasteiger partial charge in [-0.1, -0.05) is 88.3 Å². The number of fused-ring (bicyclic) bond motifs is 1. The highest BCUT2D eigenvalue weighted by Crippen LogP contribution is 2.11. The summed E-state index contributed by atoms with van der Waals surface area (Å²) in [6, 6.07) is 12.1. The van der Waals surface area contributed by atoms with E-state index in [1.54, 1.807) is 6.08 Å². The standard InChI is InChI=1S/C16H28O4.C9H7N/c1-2-3-4-5-6-7-8-9-10-11-12-14(16(19)20)13-15(17)18;1-2-6-9-8(4-1)5-3-7-10-9/h11-12,14H,2-10,13H2,1H3,(H,17,18)(H,19,20);1-7H. The first kappa shape index (κ1) is 25.3. The average molecular weight is 414 g/mol. The van der Waals surface area contributed by atoms with Gasteiger partial charge in [-0.3, -0.25) is 14.6 Å². The van der Waals surface area contributed by atoms with Crippen molar-refractivity contribution in [2.24, 2.45) is 5.92 Å². The Labute approximate surface area is 179 Å². The van der Waals surface area contributed by atoms with Gasteiger partial charge in [-0.2, -0.15) is 0 Å². The summed E-state index contributed by atoms with van der Waals surface area (Å²) >= 11 is 0. The van der Waals surface area contributed by atoms with Gasteiger partial charge < -0.3 is 10.2 Å². The molecule has 1 atom stereocenters. The van der Waals surface area contributed by atoms with Crippen LogP contribution >= 0.6 is 0 Å². The van der Waals surface area contributed by atoms with Crippen molar-refractivity contribution in [3.63, 3.8) is 0 Å². The van der Waals surface area contributed by atoms with E-state index >= 15 is 0 Å². The van der Waals surface area contributed by atoms with Gasteiger partial charge in [-0.15, -0.1) is 0 Å². The third kappa shape index (κ3) is 12.0. The van der Waals surface area contributed by atoms with Gasteiger partial charge in [-0.05, 0) is 25.0 Å². The normalized spacial score (nSPS) is 11.8. The van der Waals surface area contributed by atoms with Crippen LogP contribution in [0.3, 0.4) is 0 Å². The number of carboxylic acids is 2. The van der Waals surface area contributed by atoms with Crippen LogP contribution < -0.4 is 0 Å². The van der Waals surface area contributed by atoms with Gasteiger partial charge >= 0.3 is 11.9 Å². The topological polar surface area (TPSA) is 87.5 Å². The summed E-state index contributed by atoms with van der Waals surface area (Å²) in [4.78, 5) is 25.5. The summed E-state index contributed by atoms with van der Waals surface area (Å²) < 4.78 is 0. The number of rotatable bonds is 13. The SMILES string of the molecule is CCCCCCCCCCC=CC(CC(=O)O)C(=O)O.c1ccc2ncccc2c1. The van der Waals surface area contributed by atoms with E-state index < -0.39 is 17.9 Å². The summed E-state index contributed by atoms with van der Waals surface area (Å²) in [6.45, 7) is 2.21. The third-order valence-electron chi connectivity index (χ3n) is 4.82. The molecule has 5 heteroatoms. The second-order valence-electron chi connectivity index (χ2n) is 7.43. The number of pyridine rings is 1. The molecule has 0 saturated carbocycles. The zero-order chi connectivity index (χ0) is 22.0. The maximum Gasteiger partial charge on any atom is 0.310 e. The predicted molar refractivity (Wildman–Crippen MR) is 121 cm³/mol. The molecular weight excluding hydrogens is 378 g/mol. The molecule has 1 aromatic heterocycles. The Morgan fingerprint density at radius 3 is 2.20 bits per heavy atom. The van der Waals surface area contributed by atoms with Crippen LogP contribution in [-0.4, -0.2) is 27.1 Å². The van der Waals surface area contributed by atoms with Gasteiger partial charge in [0.05, 0.1) is 17.9 Å². The minimum absolute atomic E-state index is 0.344. The molecule has 1 aromatic carbocycles. The summed E-state index contributed by atoms with van der Waals surface area (Å²) in [7, 11) is 0. The Morgan fingerprint density at radius 2 is 1.57 bits per heavy atom. The van der Waals surface area contributed by atoms with E-state index in [1.807, 2.05) is 30.5 Å². The van der Waals surface area contributed by atoms with Crippen molar-refractivity contribution < 1.29 is 19.8 Å². The van der Waals surface area contributed by atoms with E-state index in [2.05, 4.69) is 24.0 Å². The molecule has 164 valence electrons. The van der Waals surface area contributed by atoms with E-state index in [9.17, 15) is 9.59 Å². The van der Waals surface area contributed by atoms with E-state index in [4.69, 9.17) is 10.2 Å². The van der Waals surface area contributed by atoms with Crippen molar-refractivity contribution in [1.29, 1.82) is 0 Å². The van der Waals surface area contributed by atoms with E-state index in [0.717, 1.165) is 24.8 Å². The van der Waals surface area contributed by atoms with Crippen molar-refractivity contribution in [2.75, 3.05) is 0 Å². The zero-order valence-electron chi connectivity index (χ0n) is 18.0. The number of unbranched alkanes of at least 4 members (excludes halogenated alkanes) is 8. The second-order valence-corrected chi connectivity index (χ2v) is 7.43. The molecule has 0 spiro atoms. The quantitative estimate of drug-likeness (QED) is 0.290. The summed E-state index contributed by atoms with van der Waals surface area (Å²) in [5.41, 5.74) is 1.06. The first-order valence-electron chi connectivity index (χ1n) is 11.0. The number of aromatic nitrogens is 1. The third-order valence-corrected chi connectivity index (χ3v) is 4.82. The summed E-state index contributed by atoms with van der Waals surface area (Å²) in [6.07, 6.45) is 15.6. The van der Waals surface area contributed by atoms with E-state index in [-0.39, 0.29) is 6.42 Å². The highest BCUT2D eigenvalue weighted by molar-refractivity contribution is 5.79. The Bertz CT molecular complexity index is 707. The molecule has 0 aliphatic heterocycles. The molecule has 0 saturated heterocycles. The van der Waals surface area contributed by atoms with Gasteiger partial charge in [0.2, 0.25) is 0 Å². The molecular formula is C25H35NO4. The summed E-state index contributed by atoms with van der Waals surface area (Å²) in [5.74, 6) is -3.05. The molecule has 2 N–H and O–H groups in total. The molecule has 0 amide bonds. The minimum atomic E-state index is -1.07. The average Bonchev–Trinajstić information content (AvgIpc) is 2.74. The van der Waals surface area contributed by atoms with Gasteiger partial charge in [0.1, 0.15) is 0 Å². The molecule has 0 fully saturated rings. The van der Waals surface area contributed by atoms with E-state index in [0.29, 0.717) is 0 Å². The largest absolute Gasteiger partial charge is 0.481 e. The predicted octanol–water partition coefficient (Wildman–Crippen LogP) is 6.48. The first-order valence-corrected chi connectivity index (χ1v) is 11.0. The summed E-state index contributed by atoms with van der Waals surface area (Å²) in [5, 5.41) is 18.6. The number of para-hydroxylation sites is 1. The molecule has 5 nitrogen and oxygen atoms in total. The van der Waals surface area contributed by atoms with Crippen LogP contribution in [0, 0.1) is 5.92 Å². The Hall–Kier alpha value is -2.69. The molecule has 0 aliphatic carbocycles. The minimum Gasteiger partial charge on any atom is -0.481 e. The number of nitrogens with zero attached hydrogens (tertiary/aromatic N) is 1. The Balaban J connectivity index is 0.000000367. The maximum atomic E-state index is 10.8.